The Balaban J connectivity index is 1.13. The van der Waals surface area contributed by atoms with E-state index in [4.69, 9.17) is 21.3 Å². The van der Waals surface area contributed by atoms with Crippen LogP contribution >= 0.6 is 22.9 Å². The van der Waals surface area contributed by atoms with E-state index in [2.05, 4.69) is 19.8 Å². The highest BCUT2D eigenvalue weighted by atomic mass is 35.5. The molecule has 0 spiro atoms. The number of thiazole rings is 1. The number of hydrogen-bond acceptors (Lipinski definition) is 8. The van der Waals surface area contributed by atoms with E-state index in [1.54, 1.807) is 42.7 Å². The molecule has 1 saturated heterocycles. The number of benzene rings is 3. The smallest absolute Gasteiger partial charge is 0.261 e. The molecule has 2 heterocycles. The SMILES string of the molecule is COc1ccc2nc(N3CCN(CCNC(=O)c4ccccc4NS(=O)(=O)c4ccc(Cl)cc4)CC3)sc2c1. The lowest BCUT2D eigenvalue weighted by Crippen LogP contribution is -2.48. The number of para-hydroxylation sites is 1. The molecule has 5 rings (SSSR count). The molecule has 0 saturated carbocycles. The topological polar surface area (TPSA) is 104 Å². The maximum absolute atomic E-state index is 12.9. The highest BCUT2D eigenvalue weighted by Crippen LogP contribution is 2.32. The van der Waals surface area contributed by atoms with Gasteiger partial charge in [0.15, 0.2) is 5.13 Å². The number of rotatable bonds is 9. The second kappa shape index (κ2) is 11.8. The van der Waals surface area contributed by atoms with E-state index in [-0.39, 0.29) is 22.1 Å². The third kappa shape index (κ3) is 6.44. The molecule has 0 bridgehead atoms. The Morgan fingerprint density at radius 3 is 2.54 bits per heavy atom. The Labute approximate surface area is 236 Å². The van der Waals surface area contributed by atoms with E-state index in [0.717, 1.165) is 47.3 Å². The normalized spacial score (nSPS) is 14.4. The van der Waals surface area contributed by atoms with Gasteiger partial charge in [0.2, 0.25) is 0 Å². The number of ether oxygens (including phenoxy) is 1. The third-order valence-electron chi connectivity index (χ3n) is 6.48. The Bertz CT molecular complexity index is 1570. The number of halogens is 1. The van der Waals surface area contributed by atoms with Crippen LogP contribution in [0.15, 0.2) is 71.6 Å². The molecule has 1 aliphatic rings. The van der Waals surface area contributed by atoms with Crippen molar-refractivity contribution in [1.82, 2.24) is 15.2 Å². The molecule has 2 N–H and O–H groups in total. The van der Waals surface area contributed by atoms with Gasteiger partial charge in [0, 0.05) is 44.3 Å². The van der Waals surface area contributed by atoms with Gasteiger partial charge in [0.1, 0.15) is 5.75 Å². The zero-order chi connectivity index (χ0) is 27.4. The number of aromatic nitrogens is 1. The second-order valence-electron chi connectivity index (χ2n) is 9.02. The lowest BCUT2D eigenvalue weighted by Gasteiger charge is -2.34. The monoisotopic (exact) mass is 585 g/mol. The van der Waals surface area contributed by atoms with Crippen molar-refractivity contribution in [2.75, 3.05) is 56.0 Å². The predicted octanol–water partition coefficient (Wildman–Crippen LogP) is 4.31. The molecule has 0 radical (unpaired) electrons. The average Bonchev–Trinajstić information content (AvgIpc) is 3.37. The fourth-order valence-electron chi connectivity index (χ4n) is 4.33. The lowest BCUT2D eigenvalue weighted by molar-refractivity contribution is 0.0948. The van der Waals surface area contributed by atoms with Gasteiger partial charge in [-0.1, -0.05) is 35.1 Å². The van der Waals surface area contributed by atoms with Gasteiger partial charge < -0.3 is 15.0 Å². The lowest BCUT2D eigenvalue weighted by atomic mass is 10.1. The van der Waals surface area contributed by atoms with Crippen LogP contribution in [0.5, 0.6) is 5.75 Å². The number of methoxy groups -OCH3 is 1. The van der Waals surface area contributed by atoms with Gasteiger partial charge in [-0.15, -0.1) is 0 Å². The van der Waals surface area contributed by atoms with Gasteiger partial charge in [0.05, 0.1) is 33.5 Å². The van der Waals surface area contributed by atoms with Crippen LogP contribution < -0.4 is 19.7 Å². The molecule has 0 aliphatic carbocycles. The van der Waals surface area contributed by atoms with Gasteiger partial charge in [0.25, 0.3) is 15.9 Å². The fourth-order valence-corrected chi connectivity index (χ4v) is 6.58. The molecule has 1 aromatic heterocycles. The molecule has 204 valence electrons. The van der Waals surface area contributed by atoms with Crippen molar-refractivity contribution in [3.8, 4) is 5.75 Å². The van der Waals surface area contributed by atoms with Crippen LogP contribution in [0, 0.1) is 0 Å². The summed E-state index contributed by atoms with van der Waals surface area (Å²) < 4.78 is 34.6. The van der Waals surface area contributed by atoms with Crippen LogP contribution in [0.1, 0.15) is 10.4 Å². The predicted molar refractivity (Wildman–Crippen MR) is 156 cm³/mol. The number of nitrogens with zero attached hydrogens (tertiary/aromatic N) is 3. The van der Waals surface area contributed by atoms with Crippen molar-refractivity contribution in [3.63, 3.8) is 0 Å². The molecule has 1 aliphatic heterocycles. The zero-order valence-electron chi connectivity index (χ0n) is 21.3. The van der Waals surface area contributed by atoms with Crippen LogP contribution in [0.2, 0.25) is 5.02 Å². The van der Waals surface area contributed by atoms with Crippen molar-refractivity contribution in [3.05, 3.63) is 77.3 Å². The molecule has 0 unspecified atom stereocenters. The summed E-state index contributed by atoms with van der Waals surface area (Å²) in [6, 6.07) is 18.3. The van der Waals surface area contributed by atoms with Gasteiger partial charge in [-0.2, -0.15) is 0 Å². The summed E-state index contributed by atoms with van der Waals surface area (Å²) >= 11 is 7.54. The maximum Gasteiger partial charge on any atom is 0.261 e. The number of fused-ring (bicyclic) bond motifs is 1. The van der Waals surface area contributed by atoms with Crippen molar-refractivity contribution >= 4 is 59.9 Å². The van der Waals surface area contributed by atoms with Crippen LogP contribution in [0.4, 0.5) is 10.8 Å². The molecule has 4 aromatic rings. The number of sulfonamides is 1. The minimum atomic E-state index is -3.88. The molecule has 1 amide bonds. The minimum Gasteiger partial charge on any atom is -0.497 e. The van der Waals surface area contributed by atoms with Gasteiger partial charge in [-0.25, -0.2) is 13.4 Å². The van der Waals surface area contributed by atoms with E-state index < -0.39 is 10.0 Å². The summed E-state index contributed by atoms with van der Waals surface area (Å²) in [4.78, 5) is 22.4. The average molecular weight is 586 g/mol. The first-order chi connectivity index (χ1) is 18.8. The zero-order valence-corrected chi connectivity index (χ0v) is 23.7. The first kappa shape index (κ1) is 27.2. The molecular weight excluding hydrogens is 558 g/mol. The molecule has 1 fully saturated rings. The second-order valence-corrected chi connectivity index (χ2v) is 12.1. The largest absolute Gasteiger partial charge is 0.497 e. The quantitative estimate of drug-likeness (QED) is 0.302. The Morgan fingerprint density at radius 2 is 1.79 bits per heavy atom. The van der Waals surface area contributed by atoms with E-state index in [1.807, 2.05) is 18.2 Å². The number of anilines is 2. The Morgan fingerprint density at radius 1 is 1.05 bits per heavy atom. The number of carbonyl (C=O) groups is 1. The molecular formula is C27H28ClN5O4S2. The number of piperazine rings is 1. The highest BCUT2D eigenvalue weighted by molar-refractivity contribution is 7.92. The highest BCUT2D eigenvalue weighted by Gasteiger charge is 2.21. The van der Waals surface area contributed by atoms with Crippen molar-refractivity contribution in [2.45, 2.75) is 4.90 Å². The summed E-state index contributed by atoms with van der Waals surface area (Å²) in [5.74, 6) is 0.485. The van der Waals surface area contributed by atoms with Crippen molar-refractivity contribution in [2.24, 2.45) is 0 Å². The van der Waals surface area contributed by atoms with Crippen LogP contribution in [0.25, 0.3) is 10.2 Å². The van der Waals surface area contributed by atoms with E-state index in [1.165, 1.54) is 24.3 Å². The summed E-state index contributed by atoms with van der Waals surface area (Å²) in [5.41, 5.74) is 1.44. The summed E-state index contributed by atoms with van der Waals surface area (Å²) in [5, 5.41) is 4.36. The Kier molecular flexibility index (Phi) is 8.22. The van der Waals surface area contributed by atoms with Crippen molar-refractivity contribution < 1.29 is 17.9 Å². The van der Waals surface area contributed by atoms with Crippen LogP contribution in [-0.2, 0) is 10.0 Å². The standard InChI is InChI=1S/C27H28ClN5O4S2/c1-37-20-8-11-24-25(18-20)38-27(30-24)33-16-14-32(15-17-33)13-12-29-26(34)22-4-2-3-5-23(22)31-39(35,36)21-9-6-19(28)7-10-21/h2-11,18,31H,12-17H2,1H3,(H,29,34). The summed E-state index contributed by atoms with van der Waals surface area (Å²) in [6.07, 6.45) is 0. The maximum atomic E-state index is 12.9. The number of hydrogen-bond donors (Lipinski definition) is 2. The fraction of sp³-hybridized carbons (Fsp3) is 0.259. The summed E-state index contributed by atoms with van der Waals surface area (Å²) in [6.45, 7) is 4.53. The molecule has 0 atom stereocenters. The Hall–Kier alpha value is -3.38. The van der Waals surface area contributed by atoms with Gasteiger partial charge in [-0.3, -0.25) is 14.4 Å². The number of amides is 1. The number of carbonyl (C=O) groups excluding carboxylic acids is 1. The minimum absolute atomic E-state index is 0.0619. The molecule has 39 heavy (non-hydrogen) atoms. The number of nitrogens with one attached hydrogen (secondary N) is 2. The van der Waals surface area contributed by atoms with E-state index in [0.29, 0.717) is 18.1 Å². The summed E-state index contributed by atoms with van der Waals surface area (Å²) in [7, 11) is -2.22. The van der Waals surface area contributed by atoms with Gasteiger partial charge in [-0.05, 0) is 54.6 Å². The van der Waals surface area contributed by atoms with Gasteiger partial charge >= 0.3 is 0 Å². The van der Waals surface area contributed by atoms with Crippen LogP contribution in [0.3, 0.4) is 0 Å². The molecule has 12 heteroatoms. The molecule has 3 aromatic carbocycles. The van der Waals surface area contributed by atoms with E-state index >= 15 is 0 Å². The van der Waals surface area contributed by atoms with Crippen LogP contribution in [-0.4, -0.2) is 70.6 Å². The van der Waals surface area contributed by atoms with E-state index in [9.17, 15) is 13.2 Å². The molecule has 9 nitrogen and oxygen atoms in total. The first-order valence-electron chi connectivity index (χ1n) is 12.4. The first-order valence-corrected chi connectivity index (χ1v) is 15.1. The van der Waals surface area contributed by atoms with Crippen molar-refractivity contribution in [1.29, 1.82) is 0 Å². The third-order valence-corrected chi connectivity index (χ3v) is 9.19.